The molecule has 0 amide bonds. The summed E-state index contributed by atoms with van der Waals surface area (Å²) in [4.78, 5) is 35.3. The van der Waals surface area contributed by atoms with E-state index in [1.165, 1.54) is 77.0 Å². The molecule has 3 N–H and O–H groups in total. The molecule has 0 rings (SSSR count). The van der Waals surface area contributed by atoms with Crippen LogP contribution in [0.2, 0.25) is 0 Å². The normalized spacial score (nSPS) is 14.1. The minimum atomic E-state index is -4.41. The summed E-state index contributed by atoms with van der Waals surface area (Å²) in [6.07, 6.45) is 94.5. The van der Waals surface area contributed by atoms with E-state index in [4.69, 9.17) is 24.3 Å². The van der Waals surface area contributed by atoms with Crippen LogP contribution in [-0.4, -0.2) is 49.3 Å². The van der Waals surface area contributed by atoms with Gasteiger partial charge in [0.15, 0.2) is 6.10 Å². The molecule has 0 radical (unpaired) electrons. The molecule has 10 heteroatoms. The van der Waals surface area contributed by atoms with E-state index >= 15 is 0 Å². The maximum absolute atomic E-state index is 12.7. The molecule has 0 aliphatic rings. The molecule has 458 valence electrons. The van der Waals surface area contributed by atoms with E-state index in [1.54, 1.807) is 0 Å². The van der Waals surface area contributed by atoms with Crippen LogP contribution in [-0.2, 0) is 32.7 Å². The van der Waals surface area contributed by atoms with Gasteiger partial charge in [0.25, 0.3) is 0 Å². The third-order valence-corrected chi connectivity index (χ3v) is 13.9. The Labute approximate surface area is 496 Å². The maximum atomic E-state index is 12.7. The largest absolute Gasteiger partial charge is 0.472 e. The fraction of sp³-hybridized carbons (Fsp3) is 0.606. The predicted octanol–water partition coefficient (Wildman–Crippen LogP) is 20.8. The molecule has 0 spiro atoms. The second-order valence-corrected chi connectivity index (χ2v) is 22.0. The summed E-state index contributed by atoms with van der Waals surface area (Å²) in [5.41, 5.74) is 5.39. The van der Waals surface area contributed by atoms with Gasteiger partial charge in [0.1, 0.15) is 6.61 Å². The average molecular weight is 1140 g/mol. The van der Waals surface area contributed by atoms with Gasteiger partial charge >= 0.3 is 19.8 Å². The van der Waals surface area contributed by atoms with E-state index in [2.05, 4.69) is 172 Å². The van der Waals surface area contributed by atoms with Gasteiger partial charge in [-0.1, -0.05) is 268 Å². The molecule has 2 atom stereocenters. The van der Waals surface area contributed by atoms with Gasteiger partial charge in [-0.3, -0.25) is 18.6 Å². The summed E-state index contributed by atoms with van der Waals surface area (Å²) in [5.74, 6) is -0.859. The number of rotatable bonds is 58. The van der Waals surface area contributed by atoms with E-state index in [9.17, 15) is 19.0 Å². The Morgan fingerprint density at radius 2 is 0.642 bits per heavy atom. The number of allylic oxidation sites excluding steroid dienone is 26. The van der Waals surface area contributed by atoms with Crippen LogP contribution >= 0.6 is 7.82 Å². The van der Waals surface area contributed by atoms with Gasteiger partial charge in [-0.2, -0.15) is 0 Å². The van der Waals surface area contributed by atoms with Gasteiger partial charge < -0.3 is 20.1 Å². The number of unbranched alkanes of at least 4 members (excludes halogenated alkanes) is 19. The highest BCUT2D eigenvalue weighted by Crippen LogP contribution is 2.43. The molecule has 0 saturated carbocycles. The van der Waals surface area contributed by atoms with Crippen molar-refractivity contribution >= 4 is 19.8 Å². The van der Waals surface area contributed by atoms with Crippen LogP contribution in [0.25, 0.3) is 0 Å². The molecule has 81 heavy (non-hydrogen) atoms. The number of hydrogen-bond acceptors (Lipinski definition) is 8. The molecule has 0 heterocycles. The summed E-state index contributed by atoms with van der Waals surface area (Å²) in [7, 11) is -4.41. The lowest BCUT2D eigenvalue weighted by Gasteiger charge is -2.19. The van der Waals surface area contributed by atoms with Crippen LogP contribution in [0, 0.1) is 0 Å². The molecule has 2 unspecified atom stereocenters. The molecule has 0 aromatic rings. The van der Waals surface area contributed by atoms with E-state index in [1.807, 2.05) is 0 Å². The SMILES string of the molecule is CC/C=C\C/C=C\C/C=C\C/C=C\C/C=C\C/C=C\C/C=C\C/C=C\C/C=C\CCCCCCCC(=O)OC(COC(=O)CCCCCCCCCCCCCCCC/C=C\C/C=C\C/C=C\C/C=C\CC)COP(=O)(O)OCCN. The van der Waals surface area contributed by atoms with Gasteiger partial charge in [0.2, 0.25) is 0 Å². The molecular formula is C71H116NO8P. The number of nitrogens with two attached hydrogens (primary N) is 1. The molecule has 0 aromatic carbocycles. The first-order valence-corrected chi connectivity index (χ1v) is 33.5. The quantitative estimate of drug-likeness (QED) is 0.0264. The highest BCUT2D eigenvalue weighted by Gasteiger charge is 2.26. The average Bonchev–Trinajstić information content (AvgIpc) is 3.46. The van der Waals surface area contributed by atoms with Gasteiger partial charge in [0, 0.05) is 19.4 Å². The van der Waals surface area contributed by atoms with Gasteiger partial charge in [-0.05, 0) is 122 Å². The minimum absolute atomic E-state index is 0.0418. The van der Waals surface area contributed by atoms with Crippen molar-refractivity contribution in [2.45, 2.75) is 251 Å². The summed E-state index contributed by atoms with van der Waals surface area (Å²) in [6, 6.07) is 0. The first-order valence-electron chi connectivity index (χ1n) is 32.0. The first-order chi connectivity index (χ1) is 39.8. The number of hydrogen-bond donors (Lipinski definition) is 2. The van der Waals surface area contributed by atoms with Crippen molar-refractivity contribution < 1.29 is 37.6 Å². The van der Waals surface area contributed by atoms with E-state index in [0.29, 0.717) is 6.42 Å². The zero-order chi connectivity index (χ0) is 58.7. The topological polar surface area (TPSA) is 134 Å². The molecule has 0 fully saturated rings. The zero-order valence-electron chi connectivity index (χ0n) is 51.2. The Morgan fingerprint density at radius 3 is 0.951 bits per heavy atom. The van der Waals surface area contributed by atoms with Crippen molar-refractivity contribution in [2.75, 3.05) is 26.4 Å². The van der Waals surface area contributed by atoms with Gasteiger partial charge in [-0.25, -0.2) is 4.57 Å². The number of phosphoric acid groups is 1. The molecule has 0 saturated heterocycles. The fourth-order valence-electron chi connectivity index (χ4n) is 8.27. The van der Waals surface area contributed by atoms with Crippen molar-refractivity contribution in [3.05, 3.63) is 158 Å². The standard InChI is InChI=1S/C71H116NO8P/c1-3-5-7-9-11-13-15-17-19-21-23-25-27-29-31-32-33-34-35-36-38-40-42-44-46-48-50-52-54-56-58-60-62-64-71(74)80-69(68-79-81(75,76)78-66-65-72)67-77-70(73)63-61-59-57-55-53-51-49-47-45-43-41-39-37-30-28-26-24-22-20-18-16-14-12-10-8-6-4-2/h5-8,11-14,17-20,23-26,29,31,33-34,36,38,42,44,48,50,69H,3-4,9-10,15-16,21-22,27-28,30,32,35,37,39-41,43,45-47,49,51-68,72H2,1-2H3,(H,75,76)/b7-5-,8-6-,13-11-,14-12-,19-17-,20-18-,25-23-,26-24-,31-29-,34-33-,38-36-,44-42-,50-48-. The van der Waals surface area contributed by atoms with Gasteiger partial charge in [0.05, 0.1) is 13.2 Å². The summed E-state index contributed by atoms with van der Waals surface area (Å²) < 4.78 is 33.1. The van der Waals surface area contributed by atoms with Crippen molar-refractivity contribution in [1.29, 1.82) is 0 Å². The van der Waals surface area contributed by atoms with Crippen molar-refractivity contribution in [2.24, 2.45) is 5.73 Å². The van der Waals surface area contributed by atoms with Crippen LogP contribution in [0.5, 0.6) is 0 Å². The molecule has 0 aromatic heterocycles. The Hall–Kier alpha value is -4.37. The summed E-state index contributed by atoms with van der Waals surface area (Å²) >= 11 is 0. The summed E-state index contributed by atoms with van der Waals surface area (Å²) in [6.45, 7) is 3.49. The Kier molecular flexibility index (Phi) is 61.3. The van der Waals surface area contributed by atoms with Crippen LogP contribution in [0.4, 0.5) is 0 Å². The van der Waals surface area contributed by atoms with E-state index < -0.39 is 32.5 Å². The lowest BCUT2D eigenvalue weighted by molar-refractivity contribution is -0.161. The highest BCUT2D eigenvalue weighted by molar-refractivity contribution is 7.47. The third kappa shape index (κ3) is 64.7. The van der Waals surface area contributed by atoms with Crippen LogP contribution < -0.4 is 5.73 Å². The minimum Gasteiger partial charge on any atom is -0.462 e. The monoisotopic (exact) mass is 1140 g/mol. The molecule has 0 aliphatic carbocycles. The van der Waals surface area contributed by atoms with Crippen molar-refractivity contribution in [1.82, 2.24) is 0 Å². The Bertz CT molecular complexity index is 1880. The highest BCUT2D eigenvalue weighted by atomic mass is 31.2. The van der Waals surface area contributed by atoms with Crippen LogP contribution in [0.15, 0.2) is 158 Å². The molecular weight excluding hydrogens is 1030 g/mol. The zero-order valence-corrected chi connectivity index (χ0v) is 52.1. The number of phosphoric ester groups is 1. The maximum Gasteiger partial charge on any atom is 0.472 e. The third-order valence-electron chi connectivity index (χ3n) is 12.9. The van der Waals surface area contributed by atoms with Gasteiger partial charge in [-0.15, -0.1) is 0 Å². The smallest absolute Gasteiger partial charge is 0.462 e. The summed E-state index contributed by atoms with van der Waals surface area (Å²) in [5, 5.41) is 0. The lowest BCUT2D eigenvalue weighted by Crippen LogP contribution is -2.29. The lowest BCUT2D eigenvalue weighted by atomic mass is 10.0. The Balaban J connectivity index is 4.04. The number of esters is 2. The number of ether oxygens (including phenoxy) is 2. The number of carbonyl (C=O) groups is 2. The van der Waals surface area contributed by atoms with E-state index in [-0.39, 0.29) is 32.6 Å². The second kappa shape index (κ2) is 64.8. The molecule has 0 bridgehead atoms. The van der Waals surface area contributed by atoms with Crippen LogP contribution in [0.3, 0.4) is 0 Å². The van der Waals surface area contributed by atoms with Crippen molar-refractivity contribution in [3.63, 3.8) is 0 Å². The van der Waals surface area contributed by atoms with Crippen LogP contribution in [0.1, 0.15) is 245 Å². The number of carbonyl (C=O) groups excluding carboxylic acids is 2. The molecule has 9 nitrogen and oxygen atoms in total. The predicted molar refractivity (Wildman–Crippen MR) is 348 cm³/mol. The second-order valence-electron chi connectivity index (χ2n) is 20.5. The Morgan fingerprint density at radius 1 is 0.370 bits per heavy atom. The fourth-order valence-corrected chi connectivity index (χ4v) is 9.03. The molecule has 0 aliphatic heterocycles. The van der Waals surface area contributed by atoms with E-state index in [0.717, 1.165) is 135 Å². The van der Waals surface area contributed by atoms with Crippen molar-refractivity contribution in [3.8, 4) is 0 Å². The first kappa shape index (κ1) is 76.6.